The first-order valence-corrected chi connectivity index (χ1v) is 31.1. The molecular weight excluding hydrogens is 1160 g/mol. The molecule has 16 rings (SSSR count). The van der Waals surface area contributed by atoms with Gasteiger partial charge in [0.25, 0.3) is 11.8 Å². The number of hydrogen-bond donors (Lipinski definition) is 0. The van der Waals surface area contributed by atoms with Crippen molar-refractivity contribution in [2.24, 2.45) is 0 Å². The van der Waals surface area contributed by atoms with Crippen LogP contribution in [0.5, 0.6) is 0 Å². The largest absolute Gasteiger partial charge is 0.350 e. The molecule has 0 radical (unpaired) electrons. The van der Waals surface area contributed by atoms with Crippen molar-refractivity contribution in [3.8, 4) is 6.07 Å². The molecule has 2 saturated heterocycles. The summed E-state index contributed by atoms with van der Waals surface area (Å²) in [6.45, 7) is 4.83. The lowest BCUT2D eigenvalue weighted by Gasteiger charge is -2.40. The van der Waals surface area contributed by atoms with Crippen molar-refractivity contribution in [1.82, 2.24) is 0 Å². The van der Waals surface area contributed by atoms with E-state index in [1.165, 1.54) is 30.6 Å². The Morgan fingerprint density at radius 3 is 0.935 bits per heavy atom. The van der Waals surface area contributed by atoms with Gasteiger partial charge in [-0.25, -0.2) is 9.80 Å². The van der Waals surface area contributed by atoms with E-state index in [-0.39, 0.29) is 11.8 Å². The standard InChI is InChI=1S/2C39H30N2O4.C2H3N/c2*1-26(42)41-33-24-14-11-21-30(33)38(36(41)43)34(28-17-7-3-8-18-28)35(29-19-9-4-10-20-29)45-39(38)31-22-12-13-23-32(31)40(37(39)44)25-27-15-5-2-6-16-27;1-2-3/h2*2-24,34-35H,25H2,1H3;1H3/t2*34-,35-,38-,39-;/m10./s1. The van der Waals surface area contributed by atoms with Crippen LogP contribution in [0.15, 0.2) is 279 Å². The summed E-state index contributed by atoms with van der Waals surface area (Å²) >= 11 is 0. The molecule has 6 aliphatic rings. The van der Waals surface area contributed by atoms with Crippen molar-refractivity contribution in [2.45, 2.75) is 79.9 Å². The molecular formula is C80H63N5O8. The van der Waals surface area contributed by atoms with Crippen molar-refractivity contribution < 1.29 is 38.2 Å². The number of fused-ring (bicyclic) bond motifs is 10. The highest BCUT2D eigenvalue weighted by molar-refractivity contribution is 6.28. The summed E-state index contributed by atoms with van der Waals surface area (Å²) in [5.74, 6) is -3.65. The van der Waals surface area contributed by atoms with Gasteiger partial charge < -0.3 is 19.3 Å². The van der Waals surface area contributed by atoms with E-state index >= 15 is 19.2 Å². The maximum atomic E-state index is 15.5. The fourth-order valence-corrected chi connectivity index (χ4v) is 16.0. The average molecular weight is 1220 g/mol. The van der Waals surface area contributed by atoms with Gasteiger partial charge in [-0.1, -0.05) is 255 Å². The van der Waals surface area contributed by atoms with Crippen LogP contribution >= 0.6 is 0 Å². The number of nitriles is 1. The molecule has 0 unspecified atom stereocenters. The SMILES string of the molecule is CC#N.CC(=O)N1C(=O)[C@@]2(c3ccccc31)[C@H](c1ccccc1)[C@@H](c1ccccc1)O[C@]21C(=O)N(Cc2ccccc2)c2ccccc21.CC(=O)N1C(=O)[C@]2(c3ccccc31)[C@@H](c1ccccc1)[C@H](c1ccccc1)O[C@@]21C(=O)N(Cc2ccccc2)c2ccccc21. The second kappa shape index (κ2) is 23.6. The van der Waals surface area contributed by atoms with Crippen molar-refractivity contribution in [1.29, 1.82) is 5.26 Å². The van der Waals surface area contributed by atoms with Gasteiger partial charge in [0.05, 0.1) is 54.1 Å². The molecule has 10 aromatic rings. The van der Waals surface area contributed by atoms with Crippen LogP contribution in [-0.4, -0.2) is 35.4 Å². The van der Waals surface area contributed by atoms with E-state index < -0.39 is 69.7 Å². The van der Waals surface area contributed by atoms with Crippen LogP contribution in [-0.2, 0) is 73.4 Å². The minimum atomic E-state index is -1.77. The van der Waals surface area contributed by atoms with Gasteiger partial charge in [-0.2, -0.15) is 5.26 Å². The predicted molar refractivity (Wildman–Crippen MR) is 354 cm³/mol. The Hall–Kier alpha value is -11.2. The zero-order chi connectivity index (χ0) is 64.2. The van der Waals surface area contributed by atoms with E-state index in [0.29, 0.717) is 58.1 Å². The maximum absolute atomic E-state index is 15.5. The first-order chi connectivity index (χ1) is 45.4. The Morgan fingerprint density at radius 1 is 0.366 bits per heavy atom. The van der Waals surface area contributed by atoms with Crippen LogP contribution in [0, 0.1) is 11.3 Å². The van der Waals surface area contributed by atoms with E-state index in [1.54, 1.807) is 28.0 Å². The number of benzene rings is 10. The van der Waals surface area contributed by atoms with Crippen LogP contribution in [0.1, 0.15) is 100 Å². The van der Waals surface area contributed by atoms with Crippen molar-refractivity contribution >= 4 is 58.2 Å². The summed E-state index contributed by atoms with van der Waals surface area (Å²) in [7, 11) is 0. The summed E-state index contributed by atoms with van der Waals surface area (Å²) < 4.78 is 14.6. The monoisotopic (exact) mass is 1220 g/mol. The molecule has 6 heterocycles. The highest BCUT2D eigenvalue weighted by Crippen LogP contribution is 2.74. The number of amides is 6. The minimum absolute atomic E-state index is 0.302. The highest BCUT2D eigenvalue weighted by Gasteiger charge is 2.82. The van der Waals surface area contributed by atoms with Crippen molar-refractivity contribution in [2.75, 3.05) is 19.6 Å². The number of carbonyl (C=O) groups excluding carboxylic acids is 6. The number of hydrogen-bond acceptors (Lipinski definition) is 9. The average Bonchev–Trinajstić information content (AvgIpc) is 1.49. The van der Waals surface area contributed by atoms with E-state index in [2.05, 4.69) is 0 Å². The summed E-state index contributed by atoms with van der Waals surface area (Å²) in [5, 5.41) is 7.32. The molecule has 10 aromatic carbocycles. The molecule has 0 aromatic heterocycles. The van der Waals surface area contributed by atoms with E-state index in [4.69, 9.17) is 14.7 Å². The molecule has 93 heavy (non-hydrogen) atoms. The Bertz CT molecular complexity index is 4320. The summed E-state index contributed by atoms with van der Waals surface area (Å²) in [4.78, 5) is 94.5. The number of carbonyl (C=O) groups is 6. The second-order valence-corrected chi connectivity index (χ2v) is 24.0. The molecule has 13 nitrogen and oxygen atoms in total. The topological polar surface area (TPSA) is 158 Å². The van der Waals surface area contributed by atoms with Gasteiger partial charge in [-0.05, 0) is 68.8 Å². The van der Waals surface area contributed by atoms with Crippen molar-refractivity contribution in [3.05, 3.63) is 335 Å². The summed E-state index contributed by atoms with van der Waals surface area (Å²) in [6.07, 6.45) is -1.38. The van der Waals surface area contributed by atoms with Gasteiger partial charge in [0.15, 0.2) is 11.2 Å². The van der Waals surface area contributed by atoms with Crippen LogP contribution < -0.4 is 19.6 Å². The van der Waals surface area contributed by atoms with Gasteiger partial charge in [-0.3, -0.25) is 28.8 Å². The molecule has 4 spiro atoms. The lowest BCUT2D eigenvalue weighted by atomic mass is 9.57. The van der Waals surface area contributed by atoms with Crippen LogP contribution in [0.25, 0.3) is 0 Å². The van der Waals surface area contributed by atoms with E-state index in [0.717, 1.165) is 33.4 Å². The first-order valence-electron chi connectivity index (χ1n) is 31.1. The minimum Gasteiger partial charge on any atom is -0.350 e. The zero-order valence-electron chi connectivity index (χ0n) is 51.3. The zero-order valence-corrected chi connectivity index (χ0v) is 51.3. The highest BCUT2D eigenvalue weighted by atomic mass is 16.5. The molecule has 13 heteroatoms. The number of anilines is 4. The number of imide groups is 2. The molecule has 2 fully saturated rings. The van der Waals surface area contributed by atoms with Gasteiger partial charge in [-0.15, -0.1) is 0 Å². The normalized spacial score (nSPS) is 24.1. The number of ether oxygens (including phenoxy) is 2. The second-order valence-electron chi connectivity index (χ2n) is 24.0. The smallest absolute Gasteiger partial charge is 0.265 e. The molecule has 0 aliphatic carbocycles. The maximum Gasteiger partial charge on any atom is 0.265 e. The Morgan fingerprint density at radius 2 is 0.624 bits per heavy atom. The summed E-state index contributed by atoms with van der Waals surface area (Å²) in [5.41, 5.74) is 3.39. The van der Waals surface area contributed by atoms with Crippen LogP contribution in [0.4, 0.5) is 22.7 Å². The summed E-state index contributed by atoms with van der Waals surface area (Å²) in [6, 6.07) is 90.5. The molecule has 0 N–H and O–H groups in total. The third kappa shape index (κ3) is 8.66. The van der Waals surface area contributed by atoms with Gasteiger partial charge in [0.1, 0.15) is 10.8 Å². The molecule has 0 bridgehead atoms. The molecule has 0 saturated carbocycles. The lowest BCUT2D eigenvalue weighted by Crippen LogP contribution is -2.59. The Balaban J connectivity index is 0.000000155. The molecule has 456 valence electrons. The van der Waals surface area contributed by atoms with Crippen molar-refractivity contribution in [3.63, 3.8) is 0 Å². The third-order valence-corrected chi connectivity index (χ3v) is 19.3. The number of nitrogens with zero attached hydrogens (tertiary/aromatic N) is 5. The predicted octanol–water partition coefficient (Wildman–Crippen LogP) is 14.2. The lowest BCUT2D eigenvalue weighted by molar-refractivity contribution is -0.154. The van der Waals surface area contributed by atoms with Gasteiger partial charge in [0, 0.05) is 43.7 Å². The Labute approximate surface area is 539 Å². The first kappa shape index (κ1) is 59.5. The fraction of sp³-hybridized carbons (Fsp3) is 0.163. The van der Waals surface area contributed by atoms with Crippen LogP contribution in [0.3, 0.4) is 0 Å². The molecule has 6 amide bonds. The molecule has 8 atom stereocenters. The fourth-order valence-electron chi connectivity index (χ4n) is 16.0. The van der Waals surface area contributed by atoms with Crippen LogP contribution in [0.2, 0.25) is 0 Å². The quantitative estimate of drug-likeness (QED) is 0.144. The van der Waals surface area contributed by atoms with E-state index in [1.807, 2.05) is 267 Å². The third-order valence-electron chi connectivity index (χ3n) is 19.3. The van der Waals surface area contributed by atoms with Gasteiger partial charge in [0.2, 0.25) is 23.6 Å². The Kier molecular flexibility index (Phi) is 15.1. The number of para-hydroxylation sites is 4. The van der Waals surface area contributed by atoms with Gasteiger partial charge >= 0.3 is 0 Å². The number of rotatable bonds is 8. The van der Waals surface area contributed by atoms with E-state index in [9.17, 15) is 9.59 Å². The molecule has 6 aliphatic heterocycles.